The third-order valence-corrected chi connectivity index (χ3v) is 2.04. The Morgan fingerprint density at radius 3 is 2.80 bits per heavy atom. The van der Waals surface area contributed by atoms with Gasteiger partial charge in [0.1, 0.15) is 0 Å². The van der Waals surface area contributed by atoms with Crippen LogP contribution < -0.4 is 5.32 Å². The van der Waals surface area contributed by atoms with Crippen LogP contribution in [0.2, 0.25) is 0 Å². The first-order valence-electron chi connectivity index (χ1n) is 4.25. The molecule has 0 atom stereocenters. The van der Waals surface area contributed by atoms with Gasteiger partial charge in [-0.05, 0) is 17.7 Å². The summed E-state index contributed by atoms with van der Waals surface area (Å²) in [7, 11) is 0. The fraction of sp³-hybridized carbons (Fsp3) is 0. The third-order valence-electron chi connectivity index (χ3n) is 2.04. The normalized spacial score (nSPS) is 12.0. The molecule has 1 aromatic rings. The smallest absolute Gasteiger partial charge is 0.337 e. The highest BCUT2D eigenvalue weighted by Gasteiger charge is 2.11. The number of hydrogen-bond acceptors (Lipinski definition) is 2. The molecule has 15 heavy (non-hydrogen) atoms. The average Bonchev–Trinajstić information content (AvgIpc) is 2.41. The Hall–Kier alpha value is -1.74. The fourth-order valence-corrected chi connectivity index (χ4v) is 1.39. The van der Waals surface area contributed by atoms with Gasteiger partial charge < -0.3 is 10.4 Å². The van der Waals surface area contributed by atoms with E-state index in [1.165, 1.54) is 0 Å². The summed E-state index contributed by atoms with van der Waals surface area (Å²) in [5.74, 6) is -0.918. The van der Waals surface area contributed by atoms with Gasteiger partial charge in [0.25, 0.3) is 0 Å². The van der Waals surface area contributed by atoms with Crippen LogP contribution in [0.15, 0.2) is 36.6 Å². The quantitative estimate of drug-likeness (QED) is 0.770. The zero-order valence-corrected chi connectivity index (χ0v) is 8.62. The van der Waals surface area contributed by atoms with E-state index in [2.05, 4.69) is 5.32 Å². The minimum atomic E-state index is -0.918. The molecule has 3 nitrogen and oxygen atoms in total. The molecular formula is C11H10ClNO2. The second kappa shape index (κ2) is 4.66. The van der Waals surface area contributed by atoms with Crippen LogP contribution in [0.1, 0.15) is 15.9 Å². The first-order valence-corrected chi connectivity index (χ1v) is 4.25. The minimum Gasteiger partial charge on any atom is -0.478 e. The molecular weight excluding hydrogens is 214 g/mol. The van der Waals surface area contributed by atoms with Crippen molar-refractivity contribution in [2.24, 2.45) is 0 Å². The lowest BCUT2D eigenvalue weighted by atomic mass is 10.1. The number of anilines is 1. The van der Waals surface area contributed by atoms with Gasteiger partial charge in [0.2, 0.25) is 0 Å². The van der Waals surface area contributed by atoms with Crippen molar-refractivity contribution in [1.29, 1.82) is 0 Å². The summed E-state index contributed by atoms with van der Waals surface area (Å²) in [4.78, 5) is 10.9. The number of carboxylic acids is 1. The first kappa shape index (κ1) is 11.3. The number of aromatic carboxylic acids is 1. The van der Waals surface area contributed by atoms with E-state index < -0.39 is 5.97 Å². The van der Waals surface area contributed by atoms with Crippen molar-refractivity contribution in [1.82, 2.24) is 0 Å². The van der Waals surface area contributed by atoms with Gasteiger partial charge in [0, 0.05) is 6.20 Å². The Labute approximate surface area is 93.5 Å². The Morgan fingerprint density at radius 2 is 2.07 bits per heavy atom. The number of halogens is 1. The molecule has 0 unspecified atom stereocenters. The summed E-state index contributed by atoms with van der Waals surface area (Å²) in [6.07, 6.45) is 7.28. The second-order valence-electron chi connectivity index (χ2n) is 2.94. The summed E-state index contributed by atoms with van der Waals surface area (Å²) < 4.78 is 0. The molecule has 4 heteroatoms. The summed E-state index contributed by atoms with van der Waals surface area (Å²) in [6, 6.07) is 5.19. The van der Waals surface area contributed by atoms with E-state index in [4.69, 9.17) is 5.11 Å². The van der Waals surface area contributed by atoms with Gasteiger partial charge in [-0.15, -0.1) is 12.4 Å². The van der Waals surface area contributed by atoms with E-state index in [0.717, 1.165) is 5.56 Å². The lowest BCUT2D eigenvalue weighted by Crippen LogP contribution is -2.03. The molecule has 0 aromatic heterocycles. The van der Waals surface area contributed by atoms with Gasteiger partial charge in [0.15, 0.2) is 0 Å². The molecule has 0 bridgehead atoms. The molecule has 1 aromatic carbocycles. The van der Waals surface area contributed by atoms with Gasteiger partial charge in [-0.1, -0.05) is 24.3 Å². The Morgan fingerprint density at radius 1 is 1.27 bits per heavy atom. The maximum absolute atomic E-state index is 10.9. The lowest BCUT2D eigenvalue weighted by molar-refractivity contribution is 0.0698. The van der Waals surface area contributed by atoms with E-state index in [1.54, 1.807) is 18.3 Å². The molecule has 1 heterocycles. The summed E-state index contributed by atoms with van der Waals surface area (Å²) in [5.41, 5.74) is 1.82. The number of fused-ring (bicyclic) bond motifs is 1. The molecule has 78 valence electrons. The number of carbonyl (C=O) groups is 1. The van der Waals surface area contributed by atoms with E-state index in [9.17, 15) is 4.79 Å². The third kappa shape index (κ3) is 2.19. The minimum absolute atomic E-state index is 0. The van der Waals surface area contributed by atoms with E-state index in [1.807, 2.05) is 24.3 Å². The lowest BCUT2D eigenvalue weighted by Gasteiger charge is -2.07. The molecule has 2 rings (SSSR count). The molecule has 0 aliphatic carbocycles. The molecule has 2 N–H and O–H groups in total. The van der Waals surface area contributed by atoms with Crippen LogP contribution in [-0.4, -0.2) is 11.1 Å². The van der Waals surface area contributed by atoms with Crippen LogP contribution in [-0.2, 0) is 0 Å². The molecule has 1 aliphatic heterocycles. The average molecular weight is 224 g/mol. The fourth-order valence-electron chi connectivity index (χ4n) is 1.39. The standard InChI is InChI=1S/C11H9NO2.ClH/c13-11(14)9-6-3-5-8-4-1-2-7-12-10(8)9;/h1-7,12H,(H,13,14);1H. The number of hydrogen-bond donors (Lipinski definition) is 2. The van der Waals surface area contributed by atoms with Crippen LogP contribution in [0.3, 0.4) is 0 Å². The summed E-state index contributed by atoms with van der Waals surface area (Å²) in [6.45, 7) is 0. The van der Waals surface area contributed by atoms with Crippen molar-refractivity contribution in [3.05, 3.63) is 47.7 Å². The maximum Gasteiger partial charge on any atom is 0.337 e. The molecule has 0 amide bonds. The Kier molecular flexibility index (Phi) is 3.52. The van der Waals surface area contributed by atoms with E-state index >= 15 is 0 Å². The van der Waals surface area contributed by atoms with Crippen molar-refractivity contribution in [2.75, 3.05) is 5.32 Å². The van der Waals surface area contributed by atoms with Crippen molar-refractivity contribution >= 4 is 30.1 Å². The monoisotopic (exact) mass is 223 g/mol. The molecule has 1 aliphatic rings. The van der Waals surface area contributed by atoms with Gasteiger partial charge in [-0.3, -0.25) is 0 Å². The number of carboxylic acid groups (broad SMARTS) is 1. The first-order chi connectivity index (χ1) is 6.79. The highest BCUT2D eigenvalue weighted by atomic mass is 35.5. The van der Waals surface area contributed by atoms with Crippen LogP contribution >= 0.6 is 12.4 Å². The van der Waals surface area contributed by atoms with Gasteiger partial charge >= 0.3 is 5.97 Å². The largest absolute Gasteiger partial charge is 0.478 e. The highest BCUT2D eigenvalue weighted by molar-refractivity contribution is 5.97. The zero-order chi connectivity index (χ0) is 9.97. The van der Waals surface area contributed by atoms with Gasteiger partial charge in [0.05, 0.1) is 11.3 Å². The molecule has 0 saturated carbocycles. The number of allylic oxidation sites excluding steroid dienone is 2. The Bertz CT molecular complexity index is 438. The van der Waals surface area contributed by atoms with Crippen LogP contribution in [0, 0.1) is 0 Å². The van der Waals surface area contributed by atoms with E-state index in [-0.39, 0.29) is 12.4 Å². The van der Waals surface area contributed by atoms with Gasteiger partial charge in [-0.25, -0.2) is 4.79 Å². The Balaban J connectivity index is 0.00000112. The van der Waals surface area contributed by atoms with Crippen molar-refractivity contribution < 1.29 is 9.90 Å². The van der Waals surface area contributed by atoms with Gasteiger partial charge in [-0.2, -0.15) is 0 Å². The second-order valence-corrected chi connectivity index (χ2v) is 2.94. The number of para-hydroxylation sites is 1. The molecule has 0 fully saturated rings. The summed E-state index contributed by atoms with van der Waals surface area (Å²) in [5, 5.41) is 11.9. The predicted molar refractivity (Wildman–Crippen MR) is 62.4 cm³/mol. The van der Waals surface area contributed by atoms with E-state index in [0.29, 0.717) is 11.3 Å². The van der Waals surface area contributed by atoms with Crippen LogP contribution in [0.4, 0.5) is 5.69 Å². The summed E-state index contributed by atoms with van der Waals surface area (Å²) >= 11 is 0. The number of benzene rings is 1. The topological polar surface area (TPSA) is 49.3 Å². The number of nitrogens with one attached hydrogen (secondary N) is 1. The SMILES string of the molecule is Cl.O=C(O)c1cccc2c1NC=CC=C2. The van der Waals surface area contributed by atoms with Crippen molar-refractivity contribution in [3.63, 3.8) is 0 Å². The zero-order valence-electron chi connectivity index (χ0n) is 7.81. The van der Waals surface area contributed by atoms with Crippen molar-refractivity contribution in [3.8, 4) is 0 Å². The maximum atomic E-state index is 10.9. The molecule has 0 radical (unpaired) electrons. The van der Waals surface area contributed by atoms with Crippen LogP contribution in [0.5, 0.6) is 0 Å². The highest BCUT2D eigenvalue weighted by Crippen LogP contribution is 2.24. The number of rotatable bonds is 1. The molecule has 0 saturated heterocycles. The predicted octanol–water partition coefficient (Wildman–Crippen LogP) is 2.76. The molecule has 0 spiro atoms. The van der Waals surface area contributed by atoms with Crippen molar-refractivity contribution in [2.45, 2.75) is 0 Å². The van der Waals surface area contributed by atoms with Crippen LogP contribution in [0.25, 0.3) is 6.08 Å².